The summed E-state index contributed by atoms with van der Waals surface area (Å²) < 4.78 is 12.9. The van der Waals surface area contributed by atoms with Crippen molar-refractivity contribution in [2.24, 2.45) is 0 Å². The molecule has 0 bridgehead atoms. The summed E-state index contributed by atoms with van der Waals surface area (Å²) in [6.45, 7) is 11.8. The van der Waals surface area contributed by atoms with E-state index in [-0.39, 0.29) is 60.2 Å². The summed E-state index contributed by atoms with van der Waals surface area (Å²) in [5.74, 6) is 0.328. The Labute approximate surface area is 405 Å². The van der Waals surface area contributed by atoms with Gasteiger partial charge in [-0.05, 0) is 89.4 Å². The molecule has 3 aliphatic rings. The third-order valence-corrected chi connectivity index (χ3v) is 13.9. The molecule has 5 aromatic rings. The lowest BCUT2D eigenvalue weighted by Gasteiger charge is -2.35. The van der Waals surface area contributed by atoms with Gasteiger partial charge in [-0.1, -0.05) is 25.0 Å². The molecule has 0 radical (unpaired) electrons. The number of Topliss-reactive ketones (excluding diaryl/α,β-unsaturated/α-hetero) is 1. The van der Waals surface area contributed by atoms with Crippen molar-refractivity contribution < 1.29 is 28.7 Å². The van der Waals surface area contributed by atoms with E-state index in [2.05, 4.69) is 46.4 Å². The molecule has 0 atom stereocenters. The predicted octanol–water partition coefficient (Wildman–Crippen LogP) is 5.34. The lowest BCUT2D eigenvalue weighted by molar-refractivity contribution is -0.122. The number of piperidine rings is 1. The molecule has 1 aromatic carbocycles. The summed E-state index contributed by atoms with van der Waals surface area (Å²) in [6, 6.07) is 10.7. The molecule has 8 rings (SSSR count). The van der Waals surface area contributed by atoms with Crippen molar-refractivity contribution >= 4 is 74.1 Å². The molecule has 4 aromatic heterocycles. The van der Waals surface area contributed by atoms with Crippen molar-refractivity contribution in [1.29, 1.82) is 0 Å². The van der Waals surface area contributed by atoms with Gasteiger partial charge >= 0.3 is 0 Å². The van der Waals surface area contributed by atoms with E-state index >= 15 is 0 Å². The number of aromatic nitrogens is 5. The fraction of sp³-hybridized carbons (Fsp3) is 0.490. The predicted molar refractivity (Wildman–Crippen MR) is 266 cm³/mol. The fourth-order valence-electron chi connectivity index (χ4n) is 9.35. The molecular weight excluding hydrogens is 901 g/mol. The van der Waals surface area contributed by atoms with Gasteiger partial charge in [0.15, 0.2) is 10.9 Å². The van der Waals surface area contributed by atoms with E-state index in [0.717, 1.165) is 81.0 Å². The molecule has 3 fully saturated rings. The highest BCUT2D eigenvalue weighted by Gasteiger charge is 2.27. The number of carbonyl (C=O) groups excluding carboxylic acids is 4. The molecule has 0 unspecified atom stereocenters. The molecule has 2 saturated heterocycles. The van der Waals surface area contributed by atoms with Gasteiger partial charge in [0.05, 0.1) is 73.8 Å². The lowest BCUT2D eigenvalue weighted by atomic mass is 9.94. The van der Waals surface area contributed by atoms with Crippen LogP contribution >= 0.6 is 11.3 Å². The van der Waals surface area contributed by atoms with Crippen molar-refractivity contribution in [2.75, 3.05) is 99.6 Å². The number of amides is 3. The summed E-state index contributed by atoms with van der Waals surface area (Å²) in [7, 11) is 0. The first-order valence-corrected chi connectivity index (χ1v) is 24.8. The zero-order chi connectivity index (χ0) is 48.3. The number of nitrogens with one attached hydrogen (secondary N) is 5. The second-order valence-electron chi connectivity index (χ2n) is 17.7. The largest absolute Gasteiger partial charge is 0.379 e. The Bertz CT molecular complexity index is 2670. The lowest BCUT2D eigenvalue weighted by Crippen LogP contribution is -2.49. The molecular formula is C49H62N12O7S. The summed E-state index contributed by atoms with van der Waals surface area (Å²) in [6.07, 6.45) is 9.42. The first kappa shape index (κ1) is 49.2. The number of aryl methyl sites for hydroxylation is 2. The molecule has 366 valence electrons. The van der Waals surface area contributed by atoms with Crippen LogP contribution in [0.4, 0.5) is 28.3 Å². The Morgan fingerprint density at radius 1 is 0.841 bits per heavy atom. The van der Waals surface area contributed by atoms with Crippen LogP contribution in [0.15, 0.2) is 53.6 Å². The maximum Gasteiger partial charge on any atom is 0.263 e. The first-order chi connectivity index (χ1) is 33.5. The van der Waals surface area contributed by atoms with Gasteiger partial charge in [0.2, 0.25) is 17.8 Å². The van der Waals surface area contributed by atoms with Crippen LogP contribution in [-0.2, 0) is 19.1 Å². The number of pyridine rings is 2. The minimum atomic E-state index is -0.334. The molecule has 5 N–H and O–H groups in total. The zero-order valence-corrected chi connectivity index (χ0v) is 40.4. The standard InChI is InChI=1S/C49H62N12O7S/c1-31-38-29-53-48(57-45(38)61(35-8-4-5-9-35)47(66)43(31)32(2)62)55-40-13-12-36(28-52-40)60-22-20-59(21-23-60)30-42(64)51-19-25-68-27-26-67-24-16-41(63)54-39-11-7-6-10-37(39)46(65)58-49-56-44(33(3)69-49)34-14-17-50-18-15-34/h6-7,10-13,28-29,34-35,50H,4-5,8-9,14-27,30H2,1-3H3,(H,51,64)(H,54,63)(H,56,58,65)(H,52,53,55,57). The van der Waals surface area contributed by atoms with E-state index in [1.165, 1.54) is 18.3 Å². The topological polar surface area (TPSA) is 227 Å². The van der Waals surface area contributed by atoms with Crippen molar-refractivity contribution in [1.82, 2.24) is 40.0 Å². The van der Waals surface area contributed by atoms with E-state index in [1.807, 2.05) is 19.1 Å². The summed E-state index contributed by atoms with van der Waals surface area (Å²) >= 11 is 1.47. The van der Waals surface area contributed by atoms with E-state index in [9.17, 15) is 24.0 Å². The van der Waals surface area contributed by atoms with E-state index in [1.54, 1.807) is 48.1 Å². The van der Waals surface area contributed by atoms with Crippen LogP contribution < -0.4 is 37.0 Å². The van der Waals surface area contributed by atoms with Crippen LogP contribution in [0.1, 0.15) is 101 Å². The Morgan fingerprint density at radius 2 is 1.59 bits per heavy atom. The quantitative estimate of drug-likeness (QED) is 0.0490. The Hall–Kier alpha value is -6.19. The normalized spacial score (nSPS) is 15.9. The molecule has 1 saturated carbocycles. The summed E-state index contributed by atoms with van der Waals surface area (Å²) in [4.78, 5) is 88.8. The number of thiazole rings is 1. The van der Waals surface area contributed by atoms with Crippen LogP contribution in [-0.4, -0.2) is 132 Å². The number of ether oxygens (including phenoxy) is 2. The van der Waals surface area contributed by atoms with Crippen molar-refractivity contribution in [3.63, 3.8) is 0 Å². The van der Waals surface area contributed by atoms with E-state index in [0.29, 0.717) is 90.1 Å². The molecule has 6 heterocycles. The molecule has 0 spiro atoms. The molecule has 69 heavy (non-hydrogen) atoms. The monoisotopic (exact) mass is 962 g/mol. The number of carbonyl (C=O) groups is 4. The van der Waals surface area contributed by atoms with Crippen molar-refractivity contribution in [3.8, 4) is 0 Å². The van der Waals surface area contributed by atoms with Gasteiger partial charge in [0.1, 0.15) is 11.5 Å². The second-order valence-corrected chi connectivity index (χ2v) is 19.0. The average molecular weight is 963 g/mol. The maximum absolute atomic E-state index is 13.6. The fourth-order valence-corrected chi connectivity index (χ4v) is 10.2. The molecule has 3 amide bonds. The number of hydrogen-bond acceptors (Lipinski definition) is 16. The number of nitrogens with zero attached hydrogens (tertiary/aromatic N) is 7. The van der Waals surface area contributed by atoms with Gasteiger partial charge in [-0.2, -0.15) is 4.98 Å². The second kappa shape index (κ2) is 23.4. The molecule has 20 heteroatoms. The van der Waals surface area contributed by atoms with Crippen LogP contribution in [0.3, 0.4) is 0 Å². The van der Waals surface area contributed by atoms with Gasteiger partial charge in [-0.3, -0.25) is 38.8 Å². The minimum Gasteiger partial charge on any atom is -0.379 e. The number of piperazine rings is 1. The van der Waals surface area contributed by atoms with Gasteiger partial charge < -0.3 is 35.6 Å². The number of anilines is 5. The van der Waals surface area contributed by atoms with E-state index in [4.69, 9.17) is 19.4 Å². The van der Waals surface area contributed by atoms with Gasteiger partial charge in [0.25, 0.3) is 11.5 Å². The van der Waals surface area contributed by atoms with Gasteiger partial charge in [-0.25, -0.2) is 15.0 Å². The van der Waals surface area contributed by atoms with Crippen molar-refractivity contribution in [2.45, 2.75) is 77.7 Å². The Morgan fingerprint density at radius 3 is 2.33 bits per heavy atom. The van der Waals surface area contributed by atoms with Crippen LogP contribution in [0.5, 0.6) is 0 Å². The number of rotatable bonds is 20. The van der Waals surface area contributed by atoms with Crippen molar-refractivity contribution in [3.05, 3.63) is 86.4 Å². The van der Waals surface area contributed by atoms with Crippen LogP contribution in [0.2, 0.25) is 0 Å². The first-order valence-electron chi connectivity index (χ1n) is 24.0. The Kier molecular flexibility index (Phi) is 16.7. The number of hydrogen-bond donors (Lipinski definition) is 5. The molecule has 19 nitrogen and oxygen atoms in total. The van der Waals surface area contributed by atoms with E-state index < -0.39 is 0 Å². The molecule has 1 aliphatic carbocycles. The summed E-state index contributed by atoms with van der Waals surface area (Å²) in [5, 5.41) is 16.5. The maximum atomic E-state index is 13.6. The van der Waals surface area contributed by atoms with Crippen LogP contribution in [0.25, 0.3) is 11.0 Å². The smallest absolute Gasteiger partial charge is 0.263 e. The zero-order valence-electron chi connectivity index (χ0n) is 39.6. The highest BCUT2D eigenvalue weighted by Crippen LogP contribution is 2.34. The SMILES string of the molecule is CC(=O)c1c(C)c2cnc(Nc3ccc(N4CCN(CC(=O)NCCOCCOCCC(=O)Nc5ccccc5C(=O)Nc5nc(C6CCNCC6)c(C)s5)CC4)cn3)nc2n(C2CCCC2)c1=O. The minimum absolute atomic E-state index is 0.00718. The van der Waals surface area contributed by atoms with Gasteiger partial charge in [0, 0.05) is 61.1 Å². The number of benzene rings is 1. The van der Waals surface area contributed by atoms with Gasteiger partial charge in [-0.15, -0.1) is 11.3 Å². The average Bonchev–Trinajstić information content (AvgIpc) is 4.01. The Balaban J connectivity index is 0.689. The number of ketones is 1. The third kappa shape index (κ3) is 12.5. The number of para-hydroxylation sites is 1. The third-order valence-electron chi connectivity index (χ3n) is 13.0. The molecule has 2 aliphatic heterocycles. The highest BCUT2D eigenvalue weighted by atomic mass is 32.1. The van der Waals surface area contributed by atoms with Crippen LogP contribution in [0, 0.1) is 13.8 Å². The number of fused-ring (bicyclic) bond motifs is 1. The summed E-state index contributed by atoms with van der Waals surface area (Å²) in [5.41, 5.74) is 3.81. The highest BCUT2D eigenvalue weighted by molar-refractivity contribution is 7.15.